The predicted molar refractivity (Wildman–Crippen MR) is 139 cm³/mol. The molecule has 2 N–H and O–H groups in total. The molecule has 5 rings (SSSR count). The van der Waals surface area contributed by atoms with Crippen molar-refractivity contribution in [3.63, 3.8) is 0 Å². The van der Waals surface area contributed by atoms with Crippen molar-refractivity contribution in [1.82, 2.24) is 14.9 Å². The largest absolute Gasteiger partial charge is 0.497 e. The standard InChI is InChI=1S/C27H27N5O2S/c1-16-14-17(2)22(18(3)15-16)28-26(33)24-23(19-10-12-21(34-4)13-11-19)31-32-25(29-30-27(32)35-24)20-8-6-5-7-9-20/h5-15,23-24,31H,1-4H3,(H,28,33)/t23-,24+/m0/s1. The first-order valence-corrected chi connectivity index (χ1v) is 12.3. The van der Waals surface area contributed by atoms with Crippen LogP contribution in [0.25, 0.3) is 11.4 Å². The Balaban J connectivity index is 1.52. The third-order valence-electron chi connectivity index (χ3n) is 6.13. The fraction of sp³-hybridized carbons (Fsp3) is 0.222. The Morgan fingerprint density at radius 2 is 1.69 bits per heavy atom. The van der Waals surface area contributed by atoms with Gasteiger partial charge in [-0.3, -0.25) is 4.79 Å². The SMILES string of the molecule is COc1ccc([C@@H]2Nn3c(nnc3-c3ccccc3)S[C@H]2C(=O)Nc2c(C)cc(C)cc2C)cc1. The van der Waals surface area contributed by atoms with Gasteiger partial charge in [-0.2, -0.15) is 0 Å². The van der Waals surface area contributed by atoms with E-state index in [0.29, 0.717) is 11.0 Å². The molecule has 2 atom stereocenters. The zero-order chi connectivity index (χ0) is 24.5. The van der Waals surface area contributed by atoms with Gasteiger partial charge >= 0.3 is 0 Å². The fourth-order valence-corrected chi connectivity index (χ4v) is 5.54. The van der Waals surface area contributed by atoms with Gasteiger partial charge in [-0.1, -0.05) is 71.9 Å². The number of carbonyl (C=O) groups excluding carboxylic acids is 1. The summed E-state index contributed by atoms with van der Waals surface area (Å²) in [6.07, 6.45) is 0. The number of ether oxygens (including phenoxy) is 1. The first-order chi connectivity index (χ1) is 16.9. The maximum Gasteiger partial charge on any atom is 0.240 e. The van der Waals surface area contributed by atoms with E-state index in [9.17, 15) is 4.79 Å². The van der Waals surface area contributed by atoms with E-state index in [4.69, 9.17) is 4.74 Å². The highest BCUT2D eigenvalue weighted by atomic mass is 32.2. The predicted octanol–water partition coefficient (Wildman–Crippen LogP) is 5.28. The third-order valence-corrected chi connectivity index (χ3v) is 7.34. The summed E-state index contributed by atoms with van der Waals surface area (Å²) in [4.78, 5) is 13.7. The van der Waals surface area contributed by atoms with Crippen LogP contribution in [0.1, 0.15) is 28.3 Å². The maximum absolute atomic E-state index is 13.7. The number of nitrogens with zero attached hydrogens (tertiary/aromatic N) is 3. The minimum Gasteiger partial charge on any atom is -0.497 e. The monoisotopic (exact) mass is 485 g/mol. The summed E-state index contributed by atoms with van der Waals surface area (Å²) in [5.41, 5.74) is 9.54. The van der Waals surface area contributed by atoms with Crippen molar-refractivity contribution in [2.24, 2.45) is 0 Å². The molecule has 0 unspecified atom stereocenters. The molecule has 8 heteroatoms. The number of nitrogens with one attached hydrogen (secondary N) is 2. The molecule has 1 amide bonds. The number of hydrogen-bond donors (Lipinski definition) is 2. The van der Waals surface area contributed by atoms with Crippen molar-refractivity contribution in [1.29, 1.82) is 0 Å². The van der Waals surface area contributed by atoms with Crippen molar-refractivity contribution in [2.45, 2.75) is 37.2 Å². The second kappa shape index (κ2) is 9.46. The number of thioether (sulfide) groups is 1. The lowest BCUT2D eigenvalue weighted by Crippen LogP contribution is -2.41. The number of aryl methyl sites for hydroxylation is 3. The Bertz CT molecular complexity index is 1350. The van der Waals surface area contributed by atoms with Gasteiger partial charge in [-0.05, 0) is 49.6 Å². The van der Waals surface area contributed by atoms with E-state index in [1.54, 1.807) is 7.11 Å². The molecule has 35 heavy (non-hydrogen) atoms. The van der Waals surface area contributed by atoms with E-state index in [1.807, 2.05) is 73.1 Å². The minimum absolute atomic E-state index is 0.0890. The van der Waals surface area contributed by atoms with Crippen LogP contribution in [0.15, 0.2) is 71.9 Å². The van der Waals surface area contributed by atoms with Crippen LogP contribution in [0, 0.1) is 20.8 Å². The number of rotatable bonds is 5. The van der Waals surface area contributed by atoms with Crippen LogP contribution in [0.3, 0.4) is 0 Å². The van der Waals surface area contributed by atoms with Gasteiger partial charge in [0, 0.05) is 11.3 Å². The topological polar surface area (TPSA) is 81.1 Å². The van der Waals surface area contributed by atoms with Gasteiger partial charge in [-0.25, -0.2) is 4.68 Å². The first kappa shape index (κ1) is 23.0. The van der Waals surface area contributed by atoms with Gasteiger partial charge in [0.2, 0.25) is 11.1 Å². The molecule has 1 aliphatic heterocycles. The zero-order valence-electron chi connectivity index (χ0n) is 20.1. The van der Waals surface area contributed by atoms with E-state index in [0.717, 1.165) is 33.7 Å². The van der Waals surface area contributed by atoms with E-state index >= 15 is 0 Å². The Kier molecular flexibility index (Phi) is 6.21. The molecule has 0 saturated carbocycles. The Morgan fingerprint density at radius 3 is 2.34 bits per heavy atom. The van der Waals surface area contributed by atoms with Gasteiger partial charge in [0.05, 0.1) is 13.2 Å². The Hall–Kier alpha value is -3.78. The molecule has 0 bridgehead atoms. The molecule has 178 valence electrons. The molecule has 0 radical (unpaired) electrons. The highest BCUT2D eigenvalue weighted by Crippen LogP contribution is 2.39. The van der Waals surface area contributed by atoms with Crippen molar-refractivity contribution in [2.75, 3.05) is 17.9 Å². The fourth-order valence-electron chi connectivity index (χ4n) is 4.46. The second-order valence-electron chi connectivity index (χ2n) is 8.69. The quantitative estimate of drug-likeness (QED) is 0.401. The lowest BCUT2D eigenvalue weighted by atomic mass is 10.0. The molecule has 4 aromatic rings. The van der Waals surface area contributed by atoms with Crippen LogP contribution in [-0.4, -0.2) is 33.1 Å². The Labute approximate surface area is 208 Å². The average Bonchev–Trinajstić information content (AvgIpc) is 3.29. The number of anilines is 1. The average molecular weight is 486 g/mol. The molecule has 7 nitrogen and oxygen atoms in total. The molecular weight excluding hydrogens is 458 g/mol. The lowest BCUT2D eigenvalue weighted by Gasteiger charge is -2.33. The zero-order valence-corrected chi connectivity index (χ0v) is 20.9. The summed E-state index contributed by atoms with van der Waals surface area (Å²) >= 11 is 1.41. The minimum atomic E-state index is -0.469. The number of hydrogen-bond acceptors (Lipinski definition) is 6. The lowest BCUT2D eigenvalue weighted by molar-refractivity contribution is -0.116. The molecule has 1 aliphatic rings. The van der Waals surface area contributed by atoms with Gasteiger partial charge in [0.1, 0.15) is 11.0 Å². The van der Waals surface area contributed by atoms with Crippen LogP contribution < -0.4 is 15.5 Å². The third kappa shape index (κ3) is 4.49. The molecule has 1 aromatic heterocycles. The smallest absolute Gasteiger partial charge is 0.240 e. The normalized spacial score (nSPS) is 16.8. The highest BCUT2D eigenvalue weighted by molar-refractivity contribution is 8.00. The Morgan fingerprint density at radius 1 is 1.00 bits per heavy atom. The van der Waals surface area contributed by atoms with Gasteiger partial charge in [-0.15, -0.1) is 10.2 Å². The molecule has 2 heterocycles. The van der Waals surface area contributed by atoms with Crippen molar-refractivity contribution in [3.05, 3.63) is 89.0 Å². The van der Waals surface area contributed by atoms with E-state index < -0.39 is 5.25 Å². The first-order valence-electron chi connectivity index (χ1n) is 11.4. The van der Waals surface area contributed by atoms with E-state index in [-0.39, 0.29) is 11.9 Å². The van der Waals surface area contributed by atoms with Crippen LogP contribution in [0.5, 0.6) is 5.75 Å². The summed E-state index contributed by atoms with van der Waals surface area (Å²) in [6, 6.07) is 21.5. The van der Waals surface area contributed by atoms with Crippen LogP contribution in [-0.2, 0) is 4.79 Å². The van der Waals surface area contributed by atoms with Crippen LogP contribution >= 0.6 is 11.8 Å². The van der Waals surface area contributed by atoms with Crippen molar-refractivity contribution >= 4 is 23.4 Å². The molecule has 3 aromatic carbocycles. The number of carbonyl (C=O) groups is 1. The molecule has 0 saturated heterocycles. The number of amides is 1. The molecule has 0 fully saturated rings. The summed E-state index contributed by atoms with van der Waals surface area (Å²) in [5.74, 6) is 1.38. The van der Waals surface area contributed by atoms with E-state index in [2.05, 4.69) is 40.0 Å². The van der Waals surface area contributed by atoms with Gasteiger partial charge < -0.3 is 15.5 Å². The summed E-state index contributed by atoms with van der Waals surface area (Å²) in [6.45, 7) is 6.10. The number of methoxy groups -OCH3 is 1. The number of fused-ring (bicyclic) bond motifs is 1. The second-order valence-corrected chi connectivity index (χ2v) is 9.80. The number of aromatic nitrogens is 3. The number of benzene rings is 3. The molecular formula is C27H27N5O2S. The highest BCUT2D eigenvalue weighted by Gasteiger charge is 2.38. The molecule has 0 spiro atoms. The molecule has 0 aliphatic carbocycles. The van der Waals surface area contributed by atoms with Crippen molar-refractivity contribution < 1.29 is 9.53 Å². The van der Waals surface area contributed by atoms with Gasteiger partial charge in [0.15, 0.2) is 5.82 Å². The van der Waals surface area contributed by atoms with Gasteiger partial charge in [0.25, 0.3) is 0 Å². The summed E-state index contributed by atoms with van der Waals surface area (Å²) < 4.78 is 7.21. The maximum atomic E-state index is 13.7. The van der Waals surface area contributed by atoms with Crippen LogP contribution in [0.4, 0.5) is 5.69 Å². The van der Waals surface area contributed by atoms with Crippen LogP contribution in [0.2, 0.25) is 0 Å². The van der Waals surface area contributed by atoms with E-state index in [1.165, 1.54) is 17.3 Å². The summed E-state index contributed by atoms with van der Waals surface area (Å²) in [7, 11) is 1.64. The van der Waals surface area contributed by atoms with Crippen molar-refractivity contribution in [3.8, 4) is 17.1 Å². The summed E-state index contributed by atoms with van der Waals surface area (Å²) in [5, 5.41) is 12.2.